The second-order valence-corrected chi connectivity index (χ2v) is 6.58. The topological polar surface area (TPSA) is 83.0 Å². The summed E-state index contributed by atoms with van der Waals surface area (Å²) in [6.45, 7) is 3.04. The summed E-state index contributed by atoms with van der Waals surface area (Å²) in [5.41, 5.74) is 0.932. The van der Waals surface area contributed by atoms with Crippen molar-refractivity contribution in [1.29, 1.82) is 0 Å². The molecule has 0 unspecified atom stereocenters. The van der Waals surface area contributed by atoms with Crippen molar-refractivity contribution in [2.45, 2.75) is 26.1 Å². The van der Waals surface area contributed by atoms with Gasteiger partial charge in [0.05, 0.1) is 17.9 Å². The van der Waals surface area contributed by atoms with Gasteiger partial charge in [-0.25, -0.2) is 4.98 Å². The van der Waals surface area contributed by atoms with Gasteiger partial charge in [0.2, 0.25) is 5.95 Å². The van der Waals surface area contributed by atoms with E-state index in [0.717, 1.165) is 11.6 Å². The third kappa shape index (κ3) is 5.20. The molecular weight excluding hydrogens is 383 g/mol. The molecule has 0 radical (unpaired) electrons. The molecule has 2 aromatic heterocycles. The molecule has 0 spiro atoms. The summed E-state index contributed by atoms with van der Waals surface area (Å²) in [5, 5.41) is 15.1. The lowest BCUT2D eigenvalue weighted by atomic mass is 10.1. The average Bonchev–Trinajstić information content (AvgIpc) is 2.69. The number of aryl methyl sites for hydroxylation is 1. The molecule has 9 heteroatoms. The molecule has 29 heavy (non-hydrogen) atoms. The molecule has 0 fully saturated rings. The van der Waals surface area contributed by atoms with Crippen LogP contribution in [0.5, 0.6) is 0 Å². The van der Waals surface area contributed by atoms with Crippen LogP contribution in [-0.2, 0) is 6.18 Å². The SMILES string of the molecule is Cc1ccc(Nc2cc(-c3cccnc3)nc(N[C@H](C)CO)n2)cc1C(F)(F)F. The number of aliphatic hydroxyl groups excluding tert-OH is 1. The van der Waals surface area contributed by atoms with E-state index in [1.54, 1.807) is 37.5 Å². The Hall–Kier alpha value is -3.20. The van der Waals surface area contributed by atoms with E-state index in [9.17, 15) is 18.3 Å². The van der Waals surface area contributed by atoms with Crippen LogP contribution in [0.4, 0.5) is 30.6 Å². The second-order valence-electron chi connectivity index (χ2n) is 6.58. The van der Waals surface area contributed by atoms with Crippen molar-refractivity contribution in [1.82, 2.24) is 15.0 Å². The van der Waals surface area contributed by atoms with Gasteiger partial charge in [-0.1, -0.05) is 6.07 Å². The molecule has 1 atom stereocenters. The fraction of sp³-hybridized carbons (Fsp3) is 0.250. The van der Waals surface area contributed by atoms with Crippen LogP contribution in [0.15, 0.2) is 48.8 Å². The van der Waals surface area contributed by atoms with Crippen LogP contribution in [0.25, 0.3) is 11.3 Å². The van der Waals surface area contributed by atoms with Crippen LogP contribution in [0.2, 0.25) is 0 Å². The van der Waals surface area contributed by atoms with Gasteiger partial charge < -0.3 is 15.7 Å². The quantitative estimate of drug-likeness (QED) is 0.566. The number of rotatable bonds is 6. The summed E-state index contributed by atoms with van der Waals surface area (Å²) in [6.07, 6.45) is -1.20. The Labute approximate surface area is 165 Å². The Bertz CT molecular complexity index is 980. The summed E-state index contributed by atoms with van der Waals surface area (Å²) in [4.78, 5) is 12.8. The molecule has 1 aromatic carbocycles. The first-order valence-corrected chi connectivity index (χ1v) is 8.88. The molecule has 3 rings (SSSR count). The lowest BCUT2D eigenvalue weighted by molar-refractivity contribution is -0.138. The minimum atomic E-state index is -4.45. The Morgan fingerprint density at radius 3 is 2.59 bits per heavy atom. The van der Waals surface area contributed by atoms with Crippen LogP contribution in [0, 0.1) is 6.92 Å². The third-order valence-electron chi connectivity index (χ3n) is 4.15. The summed E-state index contributed by atoms with van der Waals surface area (Å²) < 4.78 is 39.6. The van der Waals surface area contributed by atoms with E-state index >= 15 is 0 Å². The Morgan fingerprint density at radius 2 is 1.93 bits per heavy atom. The Morgan fingerprint density at radius 1 is 1.14 bits per heavy atom. The standard InChI is InChI=1S/C20H20F3N5O/c1-12-5-6-15(8-16(12)20(21,22)23)26-18-9-17(14-4-3-7-24-10-14)27-19(28-18)25-13(2)11-29/h3-10,13,29H,11H2,1-2H3,(H2,25,26,27,28)/t13-/m1/s1. The van der Waals surface area contributed by atoms with Gasteiger partial charge in [-0.3, -0.25) is 4.98 Å². The van der Waals surface area contributed by atoms with Crippen molar-refractivity contribution < 1.29 is 18.3 Å². The number of anilines is 3. The minimum Gasteiger partial charge on any atom is -0.394 e. The van der Waals surface area contributed by atoms with Crippen LogP contribution in [0.1, 0.15) is 18.1 Å². The molecule has 2 heterocycles. The average molecular weight is 403 g/mol. The Kier molecular flexibility index (Phi) is 5.97. The summed E-state index contributed by atoms with van der Waals surface area (Å²) in [7, 11) is 0. The van der Waals surface area contributed by atoms with Gasteiger partial charge in [-0.05, 0) is 43.7 Å². The van der Waals surface area contributed by atoms with Crippen molar-refractivity contribution in [2.75, 3.05) is 17.2 Å². The predicted molar refractivity (Wildman–Crippen MR) is 105 cm³/mol. The van der Waals surface area contributed by atoms with Crippen LogP contribution in [-0.4, -0.2) is 32.7 Å². The largest absolute Gasteiger partial charge is 0.416 e. The molecule has 3 N–H and O–H groups in total. The maximum absolute atomic E-state index is 13.2. The van der Waals surface area contributed by atoms with Gasteiger partial charge in [0.1, 0.15) is 5.82 Å². The van der Waals surface area contributed by atoms with Gasteiger partial charge in [0, 0.05) is 35.8 Å². The van der Waals surface area contributed by atoms with Crippen LogP contribution >= 0.6 is 0 Å². The molecule has 0 bridgehead atoms. The van der Waals surface area contributed by atoms with Crippen molar-refractivity contribution in [2.24, 2.45) is 0 Å². The lowest BCUT2D eigenvalue weighted by Gasteiger charge is -2.15. The second kappa shape index (κ2) is 8.44. The number of benzene rings is 1. The molecule has 0 aliphatic heterocycles. The van der Waals surface area contributed by atoms with Crippen molar-refractivity contribution in [3.8, 4) is 11.3 Å². The van der Waals surface area contributed by atoms with E-state index in [-0.39, 0.29) is 29.8 Å². The van der Waals surface area contributed by atoms with Crippen molar-refractivity contribution in [3.05, 3.63) is 59.9 Å². The first kappa shape index (κ1) is 20.5. The van der Waals surface area contributed by atoms with E-state index in [1.165, 1.54) is 13.0 Å². The zero-order valence-electron chi connectivity index (χ0n) is 15.8. The molecule has 0 saturated heterocycles. The van der Waals surface area contributed by atoms with Gasteiger partial charge in [0.25, 0.3) is 0 Å². The van der Waals surface area contributed by atoms with E-state index in [4.69, 9.17) is 0 Å². The molecule has 3 aromatic rings. The highest BCUT2D eigenvalue weighted by Gasteiger charge is 2.32. The highest BCUT2D eigenvalue weighted by Crippen LogP contribution is 2.34. The Balaban J connectivity index is 1.99. The maximum atomic E-state index is 13.2. The van der Waals surface area contributed by atoms with Gasteiger partial charge in [-0.2, -0.15) is 18.2 Å². The zero-order chi connectivity index (χ0) is 21.0. The monoisotopic (exact) mass is 403 g/mol. The third-order valence-corrected chi connectivity index (χ3v) is 4.15. The minimum absolute atomic E-state index is 0.129. The molecule has 6 nitrogen and oxygen atoms in total. The molecule has 0 aliphatic carbocycles. The fourth-order valence-electron chi connectivity index (χ4n) is 2.66. The molecule has 152 valence electrons. The predicted octanol–water partition coefficient (Wildman–Crippen LogP) is 4.40. The van der Waals surface area contributed by atoms with Crippen LogP contribution in [0.3, 0.4) is 0 Å². The number of halogens is 3. The number of hydrogen-bond acceptors (Lipinski definition) is 6. The number of pyridine rings is 1. The van der Waals surface area contributed by atoms with Crippen molar-refractivity contribution >= 4 is 17.5 Å². The molecule has 0 saturated carbocycles. The van der Waals surface area contributed by atoms with Crippen molar-refractivity contribution in [3.63, 3.8) is 0 Å². The van der Waals surface area contributed by atoms with E-state index < -0.39 is 11.7 Å². The fourth-order valence-corrected chi connectivity index (χ4v) is 2.66. The van der Waals surface area contributed by atoms with Gasteiger partial charge >= 0.3 is 6.18 Å². The summed E-state index contributed by atoms with van der Waals surface area (Å²) >= 11 is 0. The molecular formula is C20H20F3N5O. The number of aromatic nitrogens is 3. The maximum Gasteiger partial charge on any atom is 0.416 e. The number of aliphatic hydroxyl groups is 1. The number of alkyl halides is 3. The van der Waals surface area contributed by atoms with Gasteiger partial charge in [-0.15, -0.1) is 0 Å². The zero-order valence-corrected chi connectivity index (χ0v) is 15.8. The van der Waals surface area contributed by atoms with E-state index in [1.807, 2.05) is 6.07 Å². The molecule has 0 aliphatic rings. The number of hydrogen-bond donors (Lipinski definition) is 3. The van der Waals surface area contributed by atoms with E-state index in [0.29, 0.717) is 11.5 Å². The van der Waals surface area contributed by atoms with E-state index in [2.05, 4.69) is 25.6 Å². The lowest BCUT2D eigenvalue weighted by Crippen LogP contribution is -2.21. The first-order chi connectivity index (χ1) is 13.8. The highest BCUT2D eigenvalue weighted by molar-refractivity contribution is 5.67. The number of nitrogens with zero attached hydrogens (tertiary/aromatic N) is 3. The smallest absolute Gasteiger partial charge is 0.394 e. The summed E-state index contributed by atoms with van der Waals surface area (Å²) in [6, 6.07) is 8.89. The normalized spacial score (nSPS) is 12.5. The van der Waals surface area contributed by atoms with Crippen LogP contribution < -0.4 is 10.6 Å². The number of nitrogens with one attached hydrogen (secondary N) is 2. The van der Waals surface area contributed by atoms with Gasteiger partial charge in [0.15, 0.2) is 0 Å². The summed E-state index contributed by atoms with van der Waals surface area (Å²) in [5.74, 6) is 0.544. The molecule has 0 amide bonds. The first-order valence-electron chi connectivity index (χ1n) is 8.88. The highest BCUT2D eigenvalue weighted by atomic mass is 19.4.